The minimum atomic E-state index is 0.783. The quantitative estimate of drug-likeness (QED) is 0.701. The third kappa shape index (κ3) is 1.80. The fourth-order valence-electron chi connectivity index (χ4n) is 1.60. The molecule has 1 aliphatic heterocycles. The maximum absolute atomic E-state index is 5.30. The molecule has 14 heavy (non-hydrogen) atoms. The second-order valence-electron chi connectivity index (χ2n) is 3.15. The van der Waals surface area contributed by atoms with Gasteiger partial charge in [-0.25, -0.2) is 0 Å². The number of ether oxygens (including phenoxy) is 2. The fraction of sp³-hybridized carbons (Fsp3) is 0.500. The van der Waals surface area contributed by atoms with E-state index < -0.39 is 0 Å². The Labute approximate surface area is 83.5 Å². The zero-order valence-electron chi connectivity index (χ0n) is 8.27. The second kappa shape index (κ2) is 4.28. The zero-order chi connectivity index (χ0) is 9.80. The number of morpholine rings is 1. The molecule has 0 bridgehead atoms. The minimum Gasteiger partial charge on any atom is -0.493 e. The summed E-state index contributed by atoms with van der Waals surface area (Å²) in [5, 5.41) is 0. The highest BCUT2D eigenvalue weighted by Crippen LogP contribution is 2.26. The van der Waals surface area contributed by atoms with Gasteiger partial charge in [0, 0.05) is 19.3 Å². The predicted octanol–water partition coefficient (Wildman–Crippen LogP) is 0.927. The normalized spacial score (nSPS) is 16.8. The second-order valence-corrected chi connectivity index (χ2v) is 3.15. The van der Waals surface area contributed by atoms with E-state index in [4.69, 9.17) is 9.47 Å². The number of hydrogen-bond donors (Lipinski definition) is 0. The molecule has 0 radical (unpaired) electrons. The van der Waals surface area contributed by atoms with Crippen molar-refractivity contribution >= 4 is 5.69 Å². The average Bonchev–Trinajstić information content (AvgIpc) is 2.30. The Kier molecular flexibility index (Phi) is 2.84. The zero-order valence-corrected chi connectivity index (χ0v) is 8.27. The maximum atomic E-state index is 5.30. The molecule has 0 aliphatic carbocycles. The number of nitrogens with zero attached hydrogens (tertiary/aromatic N) is 2. The Balaban J connectivity index is 2.20. The van der Waals surface area contributed by atoms with Crippen LogP contribution in [-0.4, -0.2) is 38.4 Å². The standard InChI is InChI=1S/C10H14N2O2/c1-13-10-8-11-3-2-9(10)12-4-6-14-7-5-12/h2-3,8H,4-7H2,1H3. The van der Waals surface area contributed by atoms with E-state index in [1.807, 2.05) is 6.07 Å². The molecule has 0 aromatic carbocycles. The Morgan fingerprint density at radius 1 is 1.43 bits per heavy atom. The Morgan fingerprint density at radius 3 is 2.93 bits per heavy atom. The first-order valence-corrected chi connectivity index (χ1v) is 4.72. The van der Waals surface area contributed by atoms with Crippen molar-refractivity contribution in [1.82, 2.24) is 4.98 Å². The molecule has 0 unspecified atom stereocenters. The lowest BCUT2D eigenvalue weighted by atomic mass is 10.3. The highest BCUT2D eigenvalue weighted by Gasteiger charge is 2.14. The molecule has 4 nitrogen and oxygen atoms in total. The van der Waals surface area contributed by atoms with E-state index in [1.165, 1.54) is 0 Å². The number of rotatable bonds is 2. The summed E-state index contributed by atoms with van der Waals surface area (Å²) in [7, 11) is 1.67. The summed E-state index contributed by atoms with van der Waals surface area (Å²) in [6, 6.07) is 1.98. The van der Waals surface area contributed by atoms with E-state index in [1.54, 1.807) is 19.5 Å². The summed E-state index contributed by atoms with van der Waals surface area (Å²) in [5.74, 6) is 0.828. The molecule has 4 heteroatoms. The summed E-state index contributed by atoms with van der Waals surface area (Å²) < 4.78 is 10.6. The molecule has 0 spiro atoms. The van der Waals surface area contributed by atoms with Crippen LogP contribution in [0.2, 0.25) is 0 Å². The van der Waals surface area contributed by atoms with Gasteiger partial charge in [-0.2, -0.15) is 0 Å². The van der Waals surface area contributed by atoms with E-state index in [2.05, 4.69) is 9.88 Å². The van der Waals surface area contributed by atoms with Crippen molar-refractivity contribution < 1.29 is 9.47 Å². The molecule has 0 saturated carbocycles. The molecule has 0 N–H and O–H groups in total. The molecule has 1 fully saturated rings. The fourth-order valence-corrected chi connectivity index (χ4v) is 1.60. The van der Waals surface area contributed by atoms with Crippen molar-refractivity contribution in [2.45, 2.75) is 0 Å². The Bertz CT molecular complexity index is 298. The summed E-state index contributed by atoms with van der Waals surface area (Å²) in [5.41, 5.74) is 1.10. The number of methoxy groups -OCH3 is 1. The van der Waals surface area contributed by atoms with Gasteiger partial charge in [0.15, 0.2) is 5.75 Å². The Morgan fingerprint density at radius 2 is 2.21 bits per heavy atom. The van der Waals surface area contributed by atoms with Crippen molar-refractivity contribution in [2.75, 3.05) is 38.3 Å². The highest BCUT2D eigenvalue weighted by molar-refractivity contribution is 5.57. The van der Waals surface area contributed by atoms with Crippen LogP contribution in [0.4, 0.5) is 5.69 Å². The van der Waals surface area contributed by atoms with E-state index >= 15 is 0 Å². The van der Waals surface area contributed by atoms with Crippen LogP contribution in [0.3, 0.4) is 0 Å². The van der Waals surface area contributed by atoms with Crippen LogP contribution in [-0.2, 0) is 4.74 Å². The largest absolute Gasteiger partial charge is 0.493 e. The molecule has 2 heterocycles. The first kappa shape index (κ1) is 9.27. The number of aromatic nitrogens is 1. The van der Waals surface area contributed by atoms with Crippen LogP contribution < -0.4 is 9.64 Å². The van der Waals surface area contributed by atoms with E-state index in [0.717, 1.165) is 37.7 Å². The highest BCUT2D eigenvalue weighted by atomic mass is 16.5. The van der Waals surface area contributed by atoms with Gasteiger partial charge in [0.1, 0.15) is 0 Å². The first-order chi connectivity index (χ1) is 6.92. The monoisotopic (exact) mass is 194 g/mol. The number of pyridine rings is 1. The molecule has 1 aliphatic rings. The third-order valence-corrected chi connectivity index (χ3v) is 2.33. The molecule has 1 saturated heterocycles. The van der Waals surface area contributed by atoms with Gasteiger partial charge in [0.25, 0.3) is 0 Å². The predicted molar refractivity (Wildman–Crippen MR) is 53.8 cm³/mol. The average molecular weight is 194 g/mol. The van der Waals surface area contributed by atoms with Crippen LogP contribution in [0.15, 0.2) is 18.5 Å². The number of anilines is 1. The maximum Gasteiger partial charge on any atom is 0.160 e. The van der Waals surface area contributed by atoms with Crippen molar-refractivity contribution in [2.24, 2.45) is 0 Å². The minimum absolute atomic E-state index is 0.783. The van der Waals surface area contributed by atoms with Crippen LogP contribution >= 0.6 is 0 Å². The van der Waals surface area contributed by atoms with E-state index in [9.17, 15) is 0 Å². The molecular weight excluding hydrogens is 180 g/mol. The van der Waals surface area contributed by atoms with Gasteiger partial charge in [-0.15, -0.1) is 0 Å². The van der Waals surface area contributed by atoms with Gasteiger partial charge in [-0.1, -0.05) is 0 Å². The molecule has 0 atom stereocenters. The van der Waals surface area contributed by atoms with E-state index in [-0.39, 0.29) is 0 Å². The molecule has 1 aromatic heterocycles. The molecule has 76 valence electrons. The van der Waals surface area contributed by atoms with Crippen LogP contribution in [0.5, 0.6) is 5.75 Å². The van der Waals surface area contributed by atoms with Crippen LogP contribution in [0.1, 0.15) is 0 Å². The van der Waals surface area contributed by atoms with Crippen LogP contribution in [0, 0.1) is 0 Å². The third-order valence-electron chi connectivity index (χ3n) is 2.33. The topological polar surface area (TPSA) is 34.6 Å². The van der Waals surface area contributed by atoms with Gasteiger partial charge in [-0.05, 0) is 6.07 Å². The van der Waals surface area contributed by atoms with Gasteiger partial charge in [-0.3, -0.25) is 4.98 Å². The van der Waals surface area contributed by atoms with Crippen molar-refractivity contribution in [3.8, 4) is 5.75 Å². The molecule has 1 aromatic rings. The van der Waals surface area contributed by atoms with Crippen molar-refractivity contribution in [3.05, 3.63) is 18.5 Å². The SMILES string of the molecule is COc1cnccc1N1CCOCC1. The van der Waals surface area contributed by atoms with Crippen molar-refractivity contribution in [3.63, 3.8) is 0 Å². The summed E-state index contributed by atoms with van der Waals surface area (Å²) in [4.78, 5) is 6.28. The lowest BCUT2D eigenvalue weighted by molar-refractivity contribution is 0.122. The molecule has 0 amide bonds. The lowest BCUT2D eigenvalue weighted by Gasteiger charge is -2.29. The smallest absolute Gasteiger partial charge is 0.160 e. The summed E-state index contributed by atoms with van der Waals surface area (Å²) >= 11 is 0. The number of hydrogen-bond acceptors (Lipinski definition) is 4. The van der Waals surface area contributed by atoms with E-state index in [0.29, 0.717) is 0 Å². The van der Waals surface area contributed by atoms with Gasteiger partial charge in [0.05, 0.1) is 32.2 Å². The first-order valence-electron chi connectivity index (χ1n) is 4.72. The van der Waals surface area contributed by atoms with Crippen LogP contribution in [0.25, 0.3) is 0 Å². The van der Waals surface area contributed by atoms with Gasteiger partial charge < -0.3 is 14.4 Å². The van der Waals surface area contributed by atoms with Crippen molar-refractivity contribution in [1.29, 1.82) is 0 Å². The van der Waals surface area contributed by atoms with Gasteiger partial charge in [0.2, 0.25) is 0 Å². The van der Waals surface area contributed by atoms with Gasteiger partial charge >= 0.3 is 0 Å². The Hall–Kier alpha value is -1.29. The summed E-state index contributed by atoms with van der Waals surface area (Å²) in [6.45, 7) is 3.40. The molecule has 2 rings (SSSR count). The summed E-state index contributed by atoms with van der Waals surface area (Å²) in [6.07, 6.45) is 3.53. The molecular formula is C10H14N2O2. The lowest BCUT2D eigenvalue weighted by Crippen LogP contribution is -2.36.